The molecular weight excluding hydrogens is 388 g/mol. The fourth-order valence-corrected chi connectivity index (χ4v) is 4.21. The smallest absolute Gasteiger partial charge is 0.326 e. The lowest BCUT2D eigenvalue weighted by atomic mass is 9.92. The Balaban J connectivity index is 1.41. The Morgan fingerprint density at radius 3 is 2.41 bits per heavy atom. The van der Waals surface area contributed by atoms with Crippen LogP contribution in [0.5, 0.6) is 0 Å². The summed E-state index contributed by atoms with van der Waals surface area (Å²) in [5, 5.41) is 3.60. The lowest BCUT2D eigenvalue weighted by Gasteiger charge is -2.38. The van der Waals surface area contributed by atoms with E-state index in [1.807, 2.05) is 48.5 Å². The summed E-state index contributed by atoms with van der Waals surface area (Å²) in [6, 6.07) is 15.0. The molecule has 29 heavy (non-hydrogen) atoms. The van der Waals surface area contributed by atoms with Gasteiger partial charge in [-0.3, -0.25) is 9.69 Å². The van der Waals surface area contributed by atoms with E-state index in [1.165, 1.54) is 10.5 Å². The fraction of sp³-hybridized carbons (Fsp3) is 0.364. The van der Waals surface area contributed by atoms with Crippen LogP contribution in [-0.4, -0.2) is 54.6 Å². The topological polar surface area (TPSA) is 55.9 Å². The lowest BCUT2D eigenvalue weighted by Crippen LogP contribution is -2.51. The second-order valence-electron chi connectivity index (χ2n) is 7.83. The minimum atomic E-state index is -1.02. The van der Waals surface area contributed by atoms with Crippen LogP contribution < -0.4 is 10.2 Å². The second kappa shape index (κ2) is 7.69. The summed E-state index contributed by atoms with van der Waals surface area (Å²) in [7, 11) is 0. The van der Waals surface area contributed by atoms with Crippen molar-refractivity contribution < 1.29 is 9.59 Å². The van der Waals surface area contributed by atoms with Crippen molar-refractivity contribution in [2.45, 2.75) is 19.4 Å². The number of halogens is 1. The summed E-state index contributed by atoms with van der Waals surface area (Å²) in [6.07, 6.45) is 0. The third-order valence-corrected chi connectivity index (χ3v) is 6.09. The monoisotopic (exact) mass is 412 g/mol. The zero-order valence-electron chi connectivity index (χ0n) is 16.7. The molecular formula is C22H25ClN4O2. The number of hydrogen-bond acceptors (Lipinski definition) is 4. The highest BCUT2D eigenvalue weighted by molar-refractivity contribution is 6.30. The van der Waals surface area contributed by atoms with Gasteiger partial charge in [-0.15, -0.1) is 0 Å². The van der Waals surface area contributed by atoms with Gasteiger partial charge in [0.15, 0.2) is 0 Å². The standard InChI is InChI=1S/C22H25ClN4O2/c1-16-8-9-18(23)14-19(16)26-12-10-25(11-13-26)15-27-20(28)22(2,24-21(27)29)17-6-4-3-5-7-17/h3-9,14H,10-13,15H2,1-2H3,(H,24,29)/t22-/m0/s1. The first kappa shape index (κ1) is 19.7. The van der Waals surface area contributed by atoms with Crippen LogP contribution in [0.25, 0.3) is 0 Å². The van der Waals surface area contributed by atoms with Gasteiger partial charge in [0.05, 0.1) is 6.67 Å². The van der Waals surface area contributed by atoms with Crippen LogP contribution in [0.4, 0.5) is 10.5 Å². The quantitative estimate of drug-likeness (QED) is 0.783. The van der Waals surface area contributed by atoms with E-state index in [0.29, 0.717) is 6.67 Å². The number of benzene rings is 2. The lowest BCUT2D eigenvalue weighted by molar-refractivity contribution is -0.132. The molecule has 0 spiro atoms. The van der Waals surface area contributed by atoms with E-state index < -0.39 is 5.54 Å². The van der Waals surface area contributed by atoms with Crippen molar-refractivity contribution in [3.63, 3.8) is 0 Å². The number of urea groups is 1. The Morgan fingerprint density at radius 2 is 1.72 bits per heavy atom. The molecule has 2 aromatic carbocycles. The highest BCUT2D eigenvalue weighted by atomic mass is 35.5. The van der Waals surface area contributed by atoms with Crippen molar-refractivity contribution in [3.05, 3.63) is 64.7 Å². The van der Waals surface area contributed by atoms with Gasteiger partial charge in [-0.2, -0.15) is 0 Å². The molecule has 0 bridgehead atoms. The molecule has 2 aliphatic heterocycles. The number of rotatable bonds is 4. The van der Waals surface area contributed by atoms with E-state index in [-0.39, 0.29) is 11.9 Å². The fourth-order valence-electron chi connectivity index (χ4n) is 4.05. The molecule has 7 heteroatoms. The third-order valence-electron chi connectivity index (χ3n) is 5.85. The number of nitrogens with zero attached hydrogens (tertiary/aromatic N) is 3. The summed E-state index contributed by atoms with van der Waals surface area (Å²) >= 11 is 6.16. The van der Waals surface area contributed by atoms with Crippen LogP contribution in [0.2, 0.25) is 5.02 Å². The second-order valence-corrected chi connectivity index (χ2v) is 8.27. The van der Waals surface area contributed by atoms with Crippen molar-refractivity contribution in [3.8, 4) is 0 Å². The summed E-state index contributed by atoms with van der Waals surface area (Å²) in [5.74, 6) is -0.207. The summed E-state index contributed by atoms with van der Waals surface area (Å²) in [5.41, 5.74) is 2.11. The maximum Gasteiger partial charge on any atom is 0.326 e. The Hall–Kier alpha value is -2.57. The van der Waals surface area contributed by atoms with Gasteiger partial charge in [0, 0.05) is 36.9 Å². The molecule has 0 aromatic heterocycles. The van der Waals surface area contributed by atoms with Gasteiger partial charge in [-0.25, -0.2) is 9.69 Å². The molecule has 2 heterocycles. The normalized spacial score (nSPS) is 22.9. The molecule has 152 valence electrons. The number of carbonyl (C=O) groups is 2. The van der Waals surface area contributed by atoms with Crippen LogP contribution in [0, 0.1) is 6.92 Å². The van der Waals surface area contributed by atoms with E-state index in [0.717, 1.165) is 42.5 Å². The molecule has 4 rings (SSSR count). The Labute approximate surface area is 176 Å². The number of anilines is 1. The maximum atomic E-state index is 13.1. The number of hydrogen-bond donors (Lipinski definition) is 1. The molecule has 2 aliphatic rings. The average Bonchev–Trinajstić information content (AvgIpc) is 2.95. The predicted molar refractivity (Wildman–Crippen MR) is 114 cm³/mol. The van der Waals surface area contributed by atoms with Crippen LogP contribution in [0.1, 0.15) is 18.1 Å². The van der Waals surface area contributed by atoms with Gasteiger partial charge in [-0.05, 0) is 37.1 Å². The van der Waals surface area contributed by atoms with Gasteiger partial charge in [0.1, 0.15) is 5.54 Å². The molecule has 2 saturated heterocycles. The summed E-state index contributed by atoms with van der Waals surface area (Å²) in [6.45, 7) is 7.32. The number of aryl methyl sites for hydroxylation is 1. The first-order valence-corrected chi connectivity index (χ1v) is 10.2. The SMILES string of the molecule is Cc1ccc(Cl)cc1N1CCN(CN2C(=O)N[C@@](C)(c3ccccc3)C2=O)CC1. The molecule has 0 radical (unpaired) electrons. The zero-order valence-corrected chi connectivity index (χ0v) is 17.4. The summed E-state index contributed by atoms with van der Waals surface area (Å²) in [4.78, 5) is 31.4. The average molecular weight is 413 g/mol. The predicted octanol–water partition coefficient (Wildman–Crippen LogP) is 3.20. The van der Waals surface area contributed by atoms with E-state index in [1.54, 1.807) is 6.92 Å². The van der Waals surface area contributed by atoms with E-state index in [2.05, 4.69) is 22.0 Å². The first-order valence-electron chi connectivity index (χ1n) is 9.81. The van der Waals surface area contributed by atoms with Crippen LogP contribution in [0.15, 0.2) is 48.5 Å². The van der Waals surface area contributed by atoms with Gasteiger partial charge in [0.2, 0.25) is 0 Å². The van der Waals surface area contributed by atoms with Crippen molar-refractivity contribution >= 4 is 29.2 Å². The maximum absolute atomic E-state index is 13.1. The highest BCUT2D eigenvalue weighted by Crippen LogP contribution is 2.29. The van der Waals surface area contributed by atoms with E-state index >= 15 is 0 Å². The molecule has 0 unspecified atom stereocenters. The van der Waals surface area contributed by atoms with Crippen LogP contribution in [-0.2, 0) is 10.3 Å². The van der Waals surface area contributed by atoms with Gasteiger partial charge < -0.3 is 10.2 Å². The minimum Gasteiger partial charge on any atom is -0.369 e. The zero-order chi connectivity index (χ0) is 20.6. The number of nitrogens with one attached hydrogen (secondary N) is 1. The van der Waals surface area contributed by atoms with Gasteiger partial charge >= 0.3 is 6.03 Å². The minimum absolute atomic E-state index is 0.207. The number of piperazine rings is 1. The van der Waals surface area contributed by atoms with Gasteiger partial charge in [-0.1, -0.05) is 48.0 Å². The Bertz CT molecular complexity index is 928. The van der Waals surface area contributed by atoms with Crippen molar-refractivity contribution in [2.24, 2.45) is 0 Å². The number of imide groups is 1. The molecule has 1 atom stereocenters. The van der Waals surface area contributed by atoms with Gasteiger partial charge in [0.25, 0.3) is 5.91 Å². The molecule has 0 aliphatic carbocycles. The Kier molecular flexibility index (Phi) is 5.23. The molecule has 2 aromatic rings. The highest BCUT2D eigenvalue weighted by Gasteiger charge is 2.49. The van der Waals surface area contributed by atoms with E-state index in [9.17, 15) is 9.59 Å². The number of carbonyl (C=O) groups excluding carboxylic acids is 2. The van der Waals surface area contributed by atoms with Crippen molar-refractivity contribution in [1.29, 1.82) is 0 Å². The molecule has 3 amide bonds. The Morgan fingerprint density at radius 1 is 1.03 bits per heavy atom. The first-order chi connectivity index (χ1) is 13.9. The van der Waals surface area contributed by atoms with E-state index in [4.69, 9.17) is 11.6 Å². The van der Waals surface area contributed by atoms with Crippen molar-refractivity contribution in [1.82, 2.24) is 15.1 Å². The molecule has 2 fully saturated rings. The third kappa shape index (κ3) is 3.70. The largest absolute Gasteiger partial charge is 0.369 e. The van der Waals surface area contributed by atoms with Crippen LogP contribution in [0.3, 0.4) is 0 Å². The van der Waals surface area contributed by atoms with Crippen LogP contribution >= 0.6 is 11.6 Å². The molecule has 1 N–H and O–H groups in total. The molecule has 0 saturated carbocycles. The van der Waals surface area contributed by atoms with Crippen molar-refractivity contribution in [2.75, 3.05) is 37.7 Å². The summed E-state index contributed by atoms with van der Waals surface area (Å²) < 4.78 is 0. The molecule has 6 nitrogen and oxygen atoms in total. The number of amides is 3.